The predicted molar refractivity (Wildman–Crippen MR) is 124 cm³/mol. The van der Waals surface area contributed by atoms with Gasteiger partial charge in [0.1, 0.15) is 5.82 Å². The van der Waals surface area contributed by atoms with Crippen LogP contribution in [0.2, 0.25) is 0 Å². The molecule has 1 aliphatic heterocycles. The third-order valence-corrected chi connectivity index (χ3v) is 5.10. The van der Waals surface area contributed by atoms with E-state index in [1.807, 2.05) is 0 Å². The molecule has 7 heteroatoms. The monoisotopic (exact) mass is 425 g/mol. The molecule has 0 bridgehead atoms. The lowest BCUT2D eigenvalue weighted by Gasteiger charge is -2.32. The highest BCUT2D eigenvalue weighted by Crippen LogP contribution is 2.23. The Labute approximate surface area is 181 Å². The average molecular weight is 426 g/mol. The van der Waals surface area contributed by atoms with Crippen molar-refractivity contribution in [3.8, 4) is 0 Å². The van der Waals surface area contributed by atoms with E-state index >= 15 is 0 Å². The lowest BCUT2D eigenvalue weighted by Crippen LogP contribution is -2.43. The molecule has 0 unspecified atom stereocenters. The third-order valence-electron chi connectivity index (χ3n) is 5.10. The van der Waals surface area contributed by atoms with Gasteiger partial charge in [-0.25, -0.2) is 4.98 Å². The quantitative estimate of drug-likeness (QED) is 0.684. The molecule has 3 rings (SSSR count). The zero-order chi connectivity index (χ0) is 18.5. The Morgan fingerprint density at radius 1 is 1.14 bits per heavy atom. The summed E-state index contributed by atoms with van der Waals surface area (Å²) in [6.45, 7) is 8.34. The Hall–Kier alpha value is -1.56. The molecule has 1 aliphatic rings. The van der Waals surface area contributed by atoms with Crippen molar-refractivity contribution in [1.82, 2.24) is 9.97 Å². The minimum atomic E-state index is 0. The van der Waals surface area contributed by atoms with E-state index < -0.39 is 0 Å². The van der Waals surface area contributed by atoms with Gasteiger partial charge in [0.25, 0.3) is 0 Å². The minimum absolute atomic E-state index is 0. The summed E-state index contributed by atoms with van der Waals surface area (Å²) in [5.74, 6) is 1.67. The van der Waals surface area contributed by atoms with Crippen LogP contribution in [-0.4, -0.2) is 29.1 Å². The first-order chi connectivity index (χ1) is 12.5. The second-order valence-corrected chi connectivity index (χ2v) is 7.42. The van der Waals surface area contributed by atoms with Crippen LogP contribution < -0.4 is 16.0 Å². The highest BCUT2D eigenvalue weighted by molar-refractivity contribution is 5.85. The van der Waals surface area contributed by atoms with Crippen molar-refractivity contribution in [3.05, 3.63) is 41.1 Å². The first-order valence-electron chi connectivity index (χ1n) is 9.78. The zero-order valence-electron chi connectivity index (χ0n) is 17.1. The summed E-state index contributed by atoms with van der Waals surface area (Å²) < 4.78 is 0. The van der Waals surface area contributed by atoms with Crippen molar-refractivity contribution in [3.63, 3.8) is 0 Å². The number of piperidine rings is 1. The van der Waals surface area contributed by atoms with E-state index in [0.29, 0.717) is 5.95 Å². The molecule has 5 nitrogen and oxygen atoms in total. The lowest BCUT2D eigenvalue weighted by atomic mass is 10.1. The average Bonchev–Trinajstić information content (AvgIpc) is 2.63. The van der Waals surface area contributed by atoms with Gasteiger partial charge in [-0.3, -0.25) is 0 Å². The summed E-state index contributed by atoms with van der Waals surface area (Å²) >= 11 is 0. The molecule has 2 aromatic rings. The van der Waals surface area contributed by atoms with Crippen molar-refractivity contribution in [2.24, 2.45) is 5.73 Å². The summed E-state index contributed by atoms with van der Waals surface area (Å²) in [4.78, 5) is 11.8. The first kappa shape index (κ1) is 24.5. The normalized spacial score (nSPS) is 16.1. The number of hydrogen-bond acceptors (Lipinski definition) is 5. The maximum Gasteiger partial charge on any atom is 0.229 e. The number of aryl methyl sites for hydroxylation is 3. The number of nitrogens with two attached hydrogens (primary N) is 1. The molecule has 0 radical (unpaired) electrons. The van der Waals surface area contributed by atoms with Crippen LogP contribution in [-0.2, 0) is 6.42 Å². The largest absolute Gasteiger partial charge is 0.355 e. The zero-order valence-corrected chi connectivity index (χ0v) is 18.7. The standard InChI is InChI=1S/C21H31N5.2ClH/c1-4-5-8-18-13-20(26-11-6-7-17(22)14-26)25-21(23-18)24-19-10-9-15(2)16(3)12-19;;/h9-10,12-13,17H,4-8,11,14,22H2,1-3H3,(H,23,24,25);2*1H/t17-;;/m1../s1. The van der Waals surface area contributed by atoms with Crippen molar-refractivity contribution >= 4 is 42.3 Å². The van der Waals surface area contributed by atoms with Gasteiger partial charge in [-0.05, 0) is 62.8 Å². The lowest BCUT2D eigenvalue weighted by molar-refractivity contribution is 0.503. The summed E-state index contributed by atoms with van der Waals surface area (Å²) in [6.07, 6.45) is 5.49. The van der Waals surface area contributed by atoms with Gasteiger partial charge < -0.3 is 16.0 Å². The smallest absolute Gasteiger partial charge is 0.229 e. The van der Waals surface area contributed by atoms with Crippen molar-refractivity contribution in [2.75, 3.05) is 23.3 Å². The molecular formula is C21H33Cl2N5. The predicted octanol–water partition coefficient (Wildman–Crippen LogP) is 4.95. The fourth-order valence-corrected chi connectivity index (χ4v) is 3.35. The van der Waals surface area contributed by atoms with Gasteiger partial charge in [-0.15, -0.1) is 24.8 Å². The number of nitrogens with one attached hydrogen (secondary N) is 1. The van der Waals surface area contributed by atoms with Crippen LogP contribution in [0.15, 0.2) is 24.3 Å². The molecule has 3 N–H and O–H groups in total. The molecule has 28 heavy (non-hydrogen) atoms. The molecule has 0 spiro atoms. The van der Waals surface area contributed by atoms with E-state index in [1.54, 1.807) is 0 Å². The van der Waals surface area contributed by atoms with Gasteiger partial charge in [-0.1, -0.05) is 19.4 Å². The number of aromatic nitrogens is 2. The fourth-order valence-electron chi connectivity index (χ4n) is 3.35. The third kappa shape index (κ3) is 6.50. The van der Waals surface area contributed by atoms with Gasteiger partial charge in [0.2, 0.25) is 5.95 Å². The minimum Gasteiger partial charge on any atom is -0.355 e. The van der Waals surface area contributed by atoms with Crippen LogP contribution in [0.4, 0.5) is 17.5 Å². The molecule has 0 aliphatic carbocycles. The molecule has 1 fully saturated rings. The molecule has 2 heterocycles. The van der Waals surface area contributed by atoms with Gasteiger partial charge in [0, 0.05) is 36.6 Å². The number of unbranched alkanes of at least 4 members (excludes halogenated alkanes) is 1. The van der Waals surface area contributed by atoms with Crippen LogP contribution in [0.1, 0.15) is 49.4 Å². The number of benzene rings is 1. The number of nitrogens with zero attached hydrogens (tertiary/aromatic N) is 3. The Morgan fingerprint density at radius 3 is 2.61 bits per heavy atom. The topological polar surface area (TPSA) is 67.1 Å². The SMILES string of the molecule is CCCCc1cc(N2CCC[C@@H](N)C2)nc(Nc2ccc(C)c(C)c2)n1.Cl.Cl. The van der Waals surface area contributed by atoms with Gasteiger partial charge in [0.05, 0.1) is 0 Å². The van der Waals surface area contributed by atoms with Gasteiger partial charge >= 0.3 is 0 Å². The number of rotatable bonds is 6. The number of hydrogen-bond donors (Lipinski definition) is 2. The second-order valence-electron chi connectivity index (χ2n) is 7.42. The summed E-state index contributed by atoms with van der Waals surface area (Å²) in [5.41, 5.74) is 10.9. The fraction of sp³-hybridized carbons (Fsp3) is 0.524. The Morgan fingerprint density at radius 2 is 1.93 bits per heavy atom. The van der Waals surface area contributed by atoms with E-state index in [2.05, 4.69) is 55.3 Å². The second kappa shape index (κ2) is 11.4. The maximum absolute atomic E-state index is 6.17. The summed E-state index contributed by atoms with van der Waals surface area (Å²) in [6, 6.07) is 8.73. The number of halogens is 2. The molecule has 1 aromatic heterocycles. The van der Waals surface area contributed by atoms with Gasteiger partial charge in [0.15, 0.2) is 0 Å². The highest BCUT2D eigenvalue weighted by atomic mass is 35.5. The molecule has 1 saturated heterocycles. The van der Waals surface area contributed by atoms with Crippen LogP contribution in [0.25, 0.3) is 0 Å². The van der Waals surface area contributed by atoms with Crippen LogP contribution in [0.5, 0.6) is 0 Å². The summed E-state index contributed by atoms with van der Waals surface area (Å²) in [5, 5.41) is 3.40. The maximum atomic E-state index is 6.17. The van der Waals surface area contributed by atoms with Crippen molar-refractivity contribution < 1.29 is 0 Å². The van der Waals surface area contributed by atoms with E-state index in [1.165, 1.54) is 11.1 Å². The molecule has 0 amide bonds. The Bertz CT molecular complexity index is 754. The van der Waals surface area contributed by atoms with Crippen LogP contribution >= 0.6 is 24.8 Å². The molecule has 1 aromatic carbocycles. The van der Waals surface area contributed by atoms with Crippen molar-refractivity contribution in [1.29, 1.82) is 0 Å². The van der Waals surface area contributed by atoms with Crippen LogP contribution in [0, 0.1) is 13.8 Å². The molecular weight excluding hydrogens is 393 g/mol. The molecule has 0 saturated carbocycles. The Balaban J connectivity index is 0.00000196. The molecule has 156 valence electrons. The Kier molecular flexibility index (Phi) is 10.0. The number of anilines is 3. The van der Waals surface area contributed by atoms with Gasteiger partial charge in [-0.2, -0.15) is 4.98 Å². The highest BCUT2D eigenvalue weighted by Gasteiger charge is 2.19. The first-order valence-corrected chi connectivity index (χ1v) is 9.78. The van der Waals surface area contributed by atoms with Crippen molar-refractivity contribution in [2.45, 2.75) is 58.9 Å². The van der Waals surface area contributed by atoms with E-state index in [-0.39, 0.29) is 30.9 Å². The molecule has 1 atom stereocenters. The van der Waals surface area contributed by atoms with E-state index in [4.69, 9.17) is 15.7 Å². The van der Waals surface area contributed by atoms with E-state index in [0.717, 1.165) is 62.4 Å². The van der Waals surface area contributed by atoms with Crippen LogP contribution in [0.3, 0.4) is 0 Å². The van der Waals surface area contributed by atoms with E-state index in [9.17, 15) is 0 Å². The summed E-state index contributed by atoms with van der Waals surface area (Å²) in [7, 11) is 0.